The number of aryl methyl sites for hydroxylation is 3. The van der Waals surface area contributed by atoms with Crippen molar-refractivity contribution in [2.45, 2.75) is 13.8 Å². The van der Waals surface area contributed by atoms with Gasteiger partial charge in [-0.05, 0) is 31.6 Å². The SMILES string of the molecule is C=CC(=O)Nc1cnc2c(c1)c(C)cn2-c1nc(Nc2ccnn2C)ncc1C. The van der Waals surface area contributed by atoms with Gasteiger partial charge in [-0.15, -0.1) is 0 Å². The predicted molar refractivity (Wildman–Crippen MR) is 111 cm³/mol. The summed E-state index contributed by atoms with van der Waals surface area (Å²) in [4.78, 5) is 25.2. The molecule has 0 unspecified atom stereocenters. The molecule has 2 N–H and O–H groups in total. The molecule has 0 fully saturated rings. The second-order valence-electron chi connectivity index (χ2n) is 6.64. The topological polar surface area (TPSA) is 103 Å². The van der Waals surface area contributed by atoms with Crippen LogP contribution in [0.1, 0.15) is 11.1 Å². The Hall–Kier alpha value is -4.01. The lowest BCUT2D eigenvalue weighted by molar-refractivity contribution is -0.111. The normalized spacial score (nSPS) is 10.9. The lowest BCUT2D eigenvalue weighted by atomic mass is 10.2. The zero-order valence-electron chi connectivity index (χ0n) is 16.3. The van der Waals surface area contributed by atoms with Gasteiger partial charge in [-0.25, -0.2) is 9.97 Å². The van der Waals surface area contributed by atoms with Gasteiger partial charge in [0.15, 0.2) is 0 Å². The number of nitrogens with zero attached hydrogens (tertiary/aromatic N) is 6. The molecule has 4 rings (SSSR count). The van der Waals surface area contributed by atoms with Gasteiger partial charge in [0.1, 0.15) is 17.3 Å². The van der Waals surface area contributed by atoms with Crippen molar-refractivity contribution in [3.8, 4) is 5.82 Å². The molecule has 9 heteroatoms. The van der Waals surface area contributed by atoms with Crippen molar-refractivity contribution in [2.75, 3.05) is 10.6 Å². The van der Waals surface area contributed by atoms with Crippen LogP contribution in [0.25, 0.3) is 16.9 Å². The van der Waals surface area contributed by atoms with Gasteiger partial charge < -0.3 is 10.6 Å². The van der Waals surface area contributed by atoms with Crippen molar-refractivity contribution >= 4 is 34.4 Å². The molecule has 0 aliphatic carbocycles. The molecule has 29 heavy (non-hydrogen) atoms. The summed E-state index contributed by atoms with van der Waals surface area (Å²) < 4.78 is 3.63. The van der Waals surface area contributed by atoms with E-state index in [0.29, 0.717) is 11.6 Å². The van der Waals surface area contributed by atoms with Crippen LogP contribution in [0.3, 0.4) is 0 Å². The summed E-state index contributed by atoms with van der Waals surface area (Å²) in [6.07, 6.45) is 8.28. The number of amides is 1. The van der Waals surface area contributed by atoms with E-state index < -0.39 is 0 Å². The first kappa shape index (κ1) is 18.4. The number of pyridine rings is 1. The molecule has 9 nitrogen and oxygen atoms in total. The van der Waals surface area contributed by atoms with E-state index in [0.717, 1.165) is 33.8 Å². The second kappa shape index (κ2) is 7.19. The first-order valence-electron chi connectivity index (χ1n) is 8.96. The van der Waals surface area contributed by atoms with Crippen LogP contribution >= 0.6 is 0 Å². The van der Waals surface area contributed by atoms with Gasteiger partial charge in [0.2, 0.25) is 11.9 Å². The summed E-state index contributed by atoms with van der Waals surface area (Å²) in [5.41, 5.74) is 3.28. The maximum atomic E-state index is 11.6. The average Bonchev–Trinajstić information content (AvgIpc) is 3.26. The van der Waals surface area contributed by atoms with E-state index in [4.69, 9.17) is 0 Å². The molecule has 0 aliphatic heterocycles. The van der Waals surface area contributed by atoms with Crippen LogP contribution in [0.15, 0.2) is 49.6 Å². The number of carbonyl (C=O) groups excluding carboxylic acids is 1. The summed E-state index contributed by atoms with van der Waals surface area (Å²) in [6, 6.07) is 3.74. The third-order valence-electron chi connectivity index (χ3n) is 4.53. The fourth-order valence-electron chi connectivity index (χ4n) is 3.04. The van der Waals surface area contributed by atoms with Gasteiger partial charge in [-0.3, -0.25) is 14.0 Å². The van der Waals surface area contributed by atoms with Gasteiger partial charge in [0.05, 0.1) is 18.1 Å². The summed E-state index contributed by atoms with van der Waals surface area (Å²) in [7, 11) is 1.84. The Kier molecular flexibility index (Phi) is 4.55. The molecule has 0 aliphatic rings. The minimum absolute atomic E-state index is 0.277. The molecular formula is C20H20N8O. The Morgan fingerprint density at radius 3 is 2.76 bits per heavy atom. The predicted octanol–water partition coefficient (Wildman–Crippen LogP) is 3.03. The van der Waals surface area contributed by atoms with Crippen LogP contribution in [0.5, 0.6) is 0 Å². The Labute approximate surface area is 167 Å². The number of aromatic nitrogens is 6. The van der Waals surface area contributed by atoms with Gasteiger partial charge in [-0.1, -0.05) is 6.58 Å². The highest BCUT2D eigenvalue weighted by Gasteiger charge is 2.14. The van der Waals surface area contributed by atoms with Crippen molar-refractivity contribution < 1.29 is 4.79 Å². The first-order valence-corrected chi connectivity index (χ1v) is 8.96. The fourth-order valence-corrected chi connectivity index (χ4v) is 3.04. The Bertz CT molecular complexity index is 1240. The Balaban J connectivity index is 1.76. The van der Waals surface area contributed by atoms with Crippen molar-refractivity contribution in [3.05, 3.63) is 60.7 Å². The molecule has 0 bridgehead atoms. The van der Waals surface area contributed by atoms with Gasteiger partial charge in [0, 0.05) is 36.5 Å². The van der Waals surface area contributed by atoms with Gasteiger partial charge in [0.25, 0.3) is 0 Å². The maximum Gasteiger partial charge on any atom is 0.247 e. The molecule has 0 saturated heterocycles. The number of fused-ring (bicyclic) bond motifs is 1. The number of anilines is 3. The van der Waals surface area contributed by atoms with E-state index in [-0.39, 0.29) is 5.91 Å². The lowest BCUT2D eigenvalue weighted by Gasteiger charge is -2.11. The maximum absolute atomic E-state index is 11.6. The highest BCUT2D eigenvalue weighted by atomic mass is 16.1. The van der Waals surface area contributed by atoms with E-state index in [1.807, 2.05) is 43.8 Å². The quantitative estimate of drug-likeness (QED) is 0.510. The third-order valence-corrected chi connectivity index (χ3v) is 4.53. The summed E-state index contributed by atoms with van der Waals surface area (Å²) >= 11 is 0. The smallest absolute Gasteiger partial charge is 0.247 e. The molecule has 0 aromatic carbocycles. The molecule has 0 atom stereocenters. The van der Waals surface area contributed by atoms with Crippen LogP contribution in [0.2, 0.25) is 0 Å². The zero-order valence-corrected chi connectivity index (χ0v) is 16.3. The molecule has 0 spiro atoms. The van der Waals surface area contributed by atoms with E-state index >= 15 is 0 Å². The minimum atomic E-state index is -0.277. The van der Waals surface area contributed by atoms with Crippen molar-refractivity contribution in [1.29, 1.82) is 0 Å². The monoisotopic (exact) mass is 388 g/mol. The highest BCUT2D eigenvalue weighted by Crippen LogP contribution is 2.26. The molecular weight excluding hydrogens is 368 g/mol. The minimum Gasteiger partial charge on any atom is -0.321 e. The Morgan fingerprint density at radius 2 is 2.03 bits per heavy atom. The molecule has 0 saturated carbocycles. The second-order valence-corrected chi connectivity index (χ2v) is 6.64. The molecule has 4 aromatic heterocycles. The van der Waals surface area contributed by atoms with Crippen LogP contribution < -0.4 is 10.6 Å². The zero-order chi connectivity index (χ0) is 20.5. The summed E-state index contributed by atoms with van der Waals surface area (Å²) in [5, 5.41) is 11.0. The number of rotatable bonds is 5. The lowest BCUT2D eigenvalue weighted by Crippen LogP contribution is -2.08. The highest BCUT2D eigenvalue weighted by molar-refractivity contribution is 6.00. The number of nitrogens with one attached hydrogen (secondary N) is 2. The van der Waals surface area contributed by atoms with E-state index in [9.17, 15) is 4.79 Å². The fraction of sp³-hybridized carbons (Fsp3) is 0.150. The van der Waals surface area contributed by atoms with Crippen LogP contribution in [0, 0.1) is 13.8 Å². The average molecular weight is 388 g/mol. The first-order chi connectivity index (χ1) is 14.0. The molecule has 4 aromatic rings. The van der Waals surface area contributed by atoms with Gasteiger partial charge in [-0.2, -0.15) is 10.1 Å². The molecule has 146 valence electrons. The standard InChI is InChI=1S/C20H20N8O/c1-5-17(29)24-14-8-15-13(3)11-28(19(15)21-10-14)18-12(2)9-22-20(26-18)25-16-6-7-23-27(16)4/h5-11H,1H2,2-4H3,(H,24,29)(H,22,25,26). The number of hydrogen-bond donors (Lipinski definition) is 2. The van der Waals surface area contributed by atoms with Crippen molar-refractivity contribution in [3.63, 3.8) is 0 Å². The van der Waals surface area contributed by atoms with E-state index in [1.165, 1.54) is 6.08 Å². The van der Waals surface area contributed by atoms with E-state index in [1.54, 1.807) is 23.3 Å². The molecule has 0 radical (unpaired) electrons. The number of carbonyl (C=O) groups is 1. The van der Waals surface area contributed by atoms with Gasteiger partial charge >= 0.3 is 0 Å². The Morgan fingerprint density at radius 1 is 1.21 bits per heavy atom. The summed E-state index contributed by atoms with van der Waals surface area (Å²) in [5.74, 6) is 1.69. The van der Waals surface area contributed by atoms with Crippen LogP contribution in [0.4, 0.5) is 17.5 Å². The van der Waals surface area contributed by atoms with Crippen molar-refractivity contribution in [2.24, 2.45) is 7.05 Å². The van der Waals surface area contributed by atoms with E-state index in [2.05, 4.69) is 37.3 Å². The number of hydrogen-bond acceptors (Lipinski definition) is 6. The van der Waals surface area contributed by atoms with Crippen molar-refractivity contribution in [1.82, 2.24) is 29.3 Å². The van der Waals surface area contributed by atoms with Crippen LogP contribution in [-0.2, 0) is 11.8 Å². The molecule has 1 amide bonds. The molecule has 4 heterocycles. The third kappa shape index (κ3) is 3.45. The van der Waals surface area contributed by atoms with Crippen LogP contribution in [-0.4, -0.2) is 35.2 Å². The largest absolute Gasteiger partial charge is 0.321 e. The summed E-state index contributed by atoms with van der Waals surface area (Å²) in [6.45, 7) is 7.41.